The highest BCUT2D eigenvalue weighted by atomic mass is 31.2. The van der Waals surface area contributed by atoms with E-state index >= 15 is 0 Å². The van der Waals surface area contributed by atoms with Crippen LogP contribution in [0.2, 0.25) is 0 Å². The van der Waals surface area contributed by atoms with Crippen molar-refractivity contribution in [3.05, 3.63) is 22.2 Å². The molecule has 1 fully saturated rings. The number of rotatable bonds is 10. The van der Waals surface area contributed by atoms with Crippen molar-refractivity contribution in [2.75, 3.05) is 5.32 Å². The predicted octanol–water partition coefficient (Wildman–Crippen LogP) is -0.0169. The minimum Gasteiger partial charge on any atom is -0.461 e. The second-order valence-corrected chi connectivity index (χ2v) is 10.7. The largest absolute Gasteiger partial charge is 0.461 e. The highest BCUT2D eigenvalue weighted by Gasteiger charge is 2.48. The van der Waals surface area contributed by atoms with Gasteiger partial charge in [-0.1, -0.05) is 6.92 Å². The van der Waals surface area contributed by atoms with Crippen molar-refractivity contribution in [3.8, 4) is 0 Å². The molecule has 7 atom stereocenters. The number of carbonyl (C=O) groups excluding carboxylic acids is 2. The summed E-state index contributed by atoms with van der Waals surface area (Å²) in [7, 11) is -4.40. The van der Waals surface area contributed by atoms with E-state index in [0.717, 1.165) is 11.5 Å². The van der Waals surface area contributed by atoms with Gasteiger partial charge in [0.1, 0.15) is 24.6 Å². The van der Waals surface area contributed by atoms with Gasteiger partial charge in [0.25, 0.3) is 0 Å². The maximum Gasteiger partial charge on any atom is 0.356 e. The lowest BCUT2D eigenvalue weighted by molar-refractivity contribution is -0.142. The molecule has 2 heterocycles. The van der Waals surface area contributed by atoms with Gasteiger partial charge in [0, 0.05) is 32.0 Å². The summed E-state index contributed by atoms with van der Waals surface area (Å²) in [5.41, 5.74) is -2.13. The first-order chi connectivity index (χ1) is 16.1. The summed E-state index contributed by atoms with van der Waals surface area (Å²) in [6.45, 7) is 6.27. The molecule has 1 aromatic rings. The van der Waals surface area contributed by atoms with Crippen LogP contribution < -0.4 is 11.0 Å². The molecule has 0 bridgehead atoms. The van der Waals surface area contributed by atoms with Gasteiger partial charge in [0.05, 0.1) is 11.7 Å². The molecule has 1 aliphatic rings. The SMILES string of the molecule is CC[C@](C)(C[C@H]1O[C@@H](n2cc(COC(C)=O)c(NC(C)=O)nc2=O)[C@H](O)[C@@H]1O)OP(=O)(O)C(C)O. The van der Waals surface area contributed by atoms with Crippen LogP contribution in [0.4, 0.5) is 5.82 Å². The lowest BCUT2D eigenvalue weighted by Gasteiger charge is -2.34. The molecule has 1 aromatic heterocycles. The van der Waals surface area contributed by atoms with Crippen molar-refractivity contribution < 1.29 is 48.4 Å². The number of nitrogens with one attached hydrogen (secondary N) is 1. The lowest BCUT2D eigenvalue weighted by Crippen LogP contribution is -2.39. The Hall–Kier alpha value is -2.19. The van der Waals surface area contributed by atoms with Crippen LogP contribution in [0.3, 0.4) is 0 Å². The number of carbonyl (C=O) groups is 2. The predicted molar refractivity (Wildman–Crippen MR) is 120 cm³/mol. The monoisotopic (exact) mass is 521 g/mol. The summed E-state index contributed by atoms with van der Waals surface area (Å²) >= 11 is 0. The fourth-order valence-electron chi connectivity index (χ4n) is 3.44. The molecule has 0 spiro atoms. The molecule has 198 valence electrons. The fraction of sp³-hybridized carbons (Fsp3) is 0.700. The third-order valence-electron chi connectivity index (χ3n) is 5.57. The second-order valence-electron chi connectivity index (χ2n) is 8.61. The molecule has 5 N–H and O–H groups in total. The number of anilines is 1. The van der Waals surface area contributed by atoms with E-state index < -0.39 is 61.1 Å². The highest BCUT2D eigenvalue weighted by Crippen LogP contribution is 2.52. The summed E-state index contributed by atoms with van der Waals surface area (Å²) in [6, 6.07) is 0. The van der Waals surface area contributed by atoms with Crippen LogP contribution in [0.5, 0.6) is 0 Å². The second kappa shape index (κ2) is 11.2. The standard InChI is InChI=1S/C20H32N3O11P/c1-6-20(5,34-35(30,31)12(4)26)7-14-15(27)16(28)18(33-14)23-8-13(9-32-11(3)25)17(21-10(2)24)22-19(23)29/h8,12,14-16,18,26-28H,6-7,9H2,1-5H3,(H,30,31)(H,21,22,24,29)/t12?,14-,15-,16-,18-,20-/m1/s1. The van der Waals surface area contributed by atoms with Gasteiger partial charge in [0.15, 0.2) is 12.1 Å². The molecule has 1 amide bonds. The van der Waals surface area contributed by atoms with E-state index in [2.05, 4.69) is 10.3 Å². The summed E-state index contributed by atoms with van der Waals surface area (Å²) in [5.74, 6) is -2.94. The molecule has 1 aliphatic heterocycles. The minimum absolute atomic E-state index is 0.128. The molecule has 1 saturated heterocycles. The molecular weight excluding hydrogens is 489 g/mol. The Bertz CT molecular complexity index is 1050. The summed E-state index contributed by atoms with van der Waals surface area (Å²) in [5, 5.41) is 33.1. The molecule has 0 aliphatic carbocycles. The van der Waals surface area contributed by atoms with E-state index in [1.165, 1.54) is 27.0 Å². The van der Waals surface area contributed by atoms with Gasteiger partial charge in [-0.15, -0.1) is 0 Å². The van der Waals surface area contributed by atoms with Crippen molar-refractivity contribution in [1.82, 2.24) is 9.55 Å². The average molecular weight is 521 g/mol. The van der Waals surface area contributed by atoms with Gasteiger partial charge in [-0.25, -0.2) is 4.79 Å². The van der Waals surface area contributed by atoms with Gasteiger partial charge in [-0.05, 0) is 20.3 Å². The molecule has 0 saturated carbocycles. The van der Waals surface area contributed by atoms with Gasteiger partial charge < -0.3 is 39.5 Å². The Morgan fingerprint density at radius 1 is 1.34 bits per heavy atom. The number of hydrogen-bond acceptors (Lipinski definition) is 11. The third-order valence-corrected chi connectivity index (χ3v) is 7.22. The first kappa shape index (κ1) is 29.0. The first-order valence-electron chi connectivity index (χ1n) is 10.9. The molecule has 2 rings (SSSR count). The smallest absolute Gasteiger partial charge is 0.356 e. The molecule has 35 heavy (non-hydrogen) atoms. The summed E-state index contributed by atoms with van der Waals surface area (Å²) in [4.78, 5) is 49.1. The van der Waals surface area contributed by atoms with Crippen LogP contribution in [0.25, 0.3) is 0 Å². The van der Waals surface area contributed by atoms with Crippen molar-refractivity contribution in [2.24, 2.45) is 0 Å². The van der Waals surface area contributed by atoms with E-state index in [1.54, 1.807) is 6.92 Å². The zero-order chi connectivity index (χ0) is 26.7. The Morgan fingerprint density at radius 2 is 1.97 bits per heavy atom. The lowest BCUT2D eigenvalue weighted by atomic mass is 9.93. The van der Waals surface area contributed by atoms with E-state index in [-0.39, 0.29) is 30.8 Å². The molecule has 0 radical (unpaired) electrons. The number of hydrogen-bond donors (Lipinski definition) is 5. The highest BCUT2D eigenvalue weighted by molar-refractivity contribution is 7.53. The van der Waals surface area contributed by atoms with Crippen LogP contribution in [-0.2, 0) is 34.8 Å². The Balaban J connectivity index is 2.36. The van der Waals surface area contributed by atoms with Crippen LogP contribution >= 0.6 is 7.60 Å². The first-order valence-corrected chi connectivity index (χ1v) is 12.5. The molecule has 2 unspecified atom stereocenters. The Morgan fingerprint density at radius 3 is 2.49 bits per heavy atom. The van der Waals surface area contributed by atoms with Crippen LogP contribution in [-0.4, -0.2) is 71.4 Å². The number of esters is 1. The van der Waals surface area contributed by atoms with Crippen LogP contribution in [0, 0.1) is 0 Å². The number of ether oxygens (including phenoxy) is 2. The average Bonchev–Trinajstić information content (AvgIpc) is 3.00. The number of amides is 1. The number of aliphatic hydroxyl groups is 3. The van der Waals surface area contributed by atoms with Crippen LogP contribution in [0.1, 0.15) is 59.3 Å². The Kier molecular flexibility index (Phi) is 9.33. The van der Waals surface area contributed by atoms with Crippen molar-refractivity contribution >= 4 is 25.3 Å². The molecule has 15 heteroatoms. The maximum absolute atomic E-state index is 12.7. The van der Waals surface area contributed by atoms with Crippen molar-refractivity contribution in [3.63, 3.8) is 0 Å². The Labute approximate surface area is 201 Å². The minimum atomic E-state index is -4.40. The van der Waals surface area contributed by atoms with Gasteiger partial charge in [-0.3, -0.25) is 18.7 Å². The van der Waals surface area contributed by atoms with Crippen molar-refractivity contribution in [1.29, 1.82) is 0 Å². The number of nitrogens with zero attached hydrogens (tertiary/aromatic N) is 2. The van der Waals surface area contributed by atoms with Crippen LogP contribution in [0.15, 0.2) is 11.0 Å². The molecular formula is C20H32N3O11P. The number of aliphatic hydroxyl groups excluding tert-OH is 3. The van der Waals surface area contributed by atoms with Gasteiger partial charge in [-0.2, -0.15) is 4.98 Å². The topological polar surface area (TPSA) is 207 Å². The zero-order valence-corrected chi connectivity index (χ0v) is 21.0. The zero-order valence-electron chi connectivity index (χ0n) is 20.1. The quantitative estimate of drug-likeness (QED) is 0.203. The fourth-order valence-corrected chi connectivity index (χ4v) is 4.43. The van der Waals surface area contributed by atoms with Gasteiger partial charge >= 0.3 is 19.3 Å². The summed E-state index contributed by atoms with van der Waals surface area (Å²) < 4.78 is 29.1. The third kappa shape index (κ3) is 7.17. The van der Waals surface area contributed by atoms with E-state index in [0.29, 0.717) is 0 Å². The van der Waals surface area contributed by atoms with E-state index in [4.69, 9.17) is 14.0 Å². The molecule has 14 nitrogen and oxygen atoms in total. The van der Waals surface area contributed by atoms with E-state index in [1.807, 2.05) is 0 Å². The van der Waals surface area contributed by atoms with Crippen molar-refractivity contribution in [2.45, 2.75) is 90.1 Å². The van der Waals surface area contributed by atoms with E-state index in [9.17, 15) is 39.2 Å². The molecule has 0 aromatic carbocycles. The normalized spacial score (nSPS) is 26.4. The maximum atomic E-state index is 12.7. The van der Waals surface area contributed by atoms with Gasteiger partial charge in [0.2, 0.25) is 5.91 Å². The summed E-state index contributed by atoms with van der Waals surface area (Å²) in [6.07, 6.45) is -4.47. The number of aromatic nitrogens is 2.